The molecule has 6 heteroatoms. The number of aromatic nitrogens is 2. The van der Waals surface area contributed by atoms with Crippen molar-refractivity contribution < 1.29 is 13.9 Å². The molecule has 2 rings (SSSR count). The van der Waals surface area contributed by atoms with Gasteiger partial charge in [-0.05, 0) is 25.1 Å². The number of nitrogens with one attached hydrogen (secondary N) is 1. The zero-order valence-electron chi connectivity index (χ0n) is 12.8. The smallest absolute Gasteiger partial charge is 0.178 e. The van der Waals surface area contributed by atoms with E-state index in [1.807, 2.05) is 11.5 Å². The van der Waals surface area contributed by atoms with Crippen molar-refractivity contribution in [2.75, 3.05) is 20.3 Å². The number of hydrogen-bond donors (Lipinski definition) is 1. The van der Waals surface area contributed by atoms with Gasteiger partial charge in [0.05, 0.1) is 30.8 Å². The molecular formula is C15H21FN2O2S. The summed E-state index contributed by atoms with van der Waals surface area (Å²) in [5.74, 6) is 0.141. The van der Waals surface area contributed by atoms with Crippen molar-refractivity contribution in [2.45, 2.75) is 26.8 Å². The van der Waals surface area contributed by atoms with Gasteiger partial charge in [-0.25, -0.2) is 4.39 Å². The van der Waals surface area contributed by atoms with Crippen LogP contribution >= 0.6 is 12.2 Å². The molecule has 0 aliphatic carbocycles. The SMILES string of the molecule is CCOCC(C(C)C)n1c(=S)[nH]c2cc(F)c(OC)cc21. The van der Waals surface area contributed by atoms with Gasteiger partial charge in [-0.3, -0.25) is 0 Å². The molecule has 2 aromatic rings. The average molecular weight is 312 g/mol. The standard InChI is InChI=1S/C15H21FN2O2S/c1-5-20-8-13(9(2)3)18-12-7-14(19-4)10(16)6-11(12)17-15(18)21/h6-7,9,13H,5,8H2,1-4H3,(H,17,21). The molecule has 0 spiro atoms. The first-order valence-electron chi connectivity index (χ1n) is 7.05. The van der Waals surface area contributed by atoms with E-state index in [-0.39, 0.29) is 11.8 Å². The lowest BCUT2D eigenvalue weighted by Crippen LogP contribution is -2.21. The molecule has 4 nitrogen and oxygen atoms in total. The Morgan fingerprint density at radius 1 is 1.38 bits per heavy atom. The van der Waals surface area contributed by atoms with E-state index >= 15 is 0 Å². The van der Waals surface area contributed by atoms with E-state index in [1.54, 1.807) is 6.07 Å². The highest BCUT2D eigenvalue weighted by molar-refractivity contribution is 7.71. The molecule has 0 amide bonds. The lowest BCUT2D eigenvalue weighted by atomic mass is 10.0. The lowest BCUT2D eigenvalue weighted by Gasteiger charge is -2.23. The Hall–Kier alpha value is -1.40. The quantitative estimate of drug-likeness (QED) is 0.817. The zero-order valence-corrected chi connectivity index (χ0v) is 13.6. The summed E-state index contributed by atoms with van der Waals surface area (Å²) in [6.07, 6.45) is 0. The fourth-order valence-corrected chi connectivity index (χ4v) is 2.76. The summed E-state index contributed by atoms with van der Waals surface area (Å²) >= 11 is 5.41. The molecule has 1 unspecified atom stereocenters. The molecule has 0 aliphatic heterocycles. The number of H-pyrrole nitrogens is 1. The van der Waals surface area contributed by atoms with E-state index in [0.29, 0.717) is 29.4 Å². The molecule has 1 aromatic carbocycles. The maximum atomic E-state index is 13.8. The first-order valence-corrected chi connectivity index (χ1v) is 7.45. The van der Waals surface area contributed by atoms with Gasteiger partial charge < -0.3 is 19.0 Å². The van der Waals surface area contributed by atoms with Crippen molar-refractivity contribution in [2.24, 2.45) is 5.92 Å². The van der Waals surface area contributed by atoms with Crippen LogP contribution in [0.2, 0.25) is 0 Å². The predicted molar refractivity (Wildman–Crippen MR) is 84.0 cm³/mol. The van der Waals surface area contributed by atoms with Gasteiger partial charge in [0.1, 0.15) is 0 Å². The molecule has 0 saturated carbocycles. The molecule has 0 saturated heterocycles. The van der Waals surface area contributed by atoms with Crippen molar-refractivity contribution in [1.29, 1.82) is 0 Å². The minimum Gasteiger partial charge on any atom is -0.494 e. The Balaban J connectivity index is 2.60. The number of hydrogen-bond acceptors (Lipinski definition) is 3. The number of rotatable bonds is 6. The summed E-state index contributed by atoms with van der Waals surface area (Å²) in [4.78, 5) is 3.06. The number of nitrogens with zero attached hydrogens (tertiary/aromatic N) is 1. The van der Waals surface area contributed by atoms with Crippen molar-refractivity contribution in [1.82, 2.24) is 9.55 Å². The summed E-state index contributed by atoms with van der Waals surface area (Å²) in [7, 11) is 1.45. The fraction of sp³-hybridized carbons (Fsp3) is 0.533. The van der Waals surface area contributed by atoms with Crippen LogP contribution in [0.25, 0.3) is 11.0 Å². The highest BCUT2D eigenvalue weighted by Gasteiger charge is 2.20. The van der Waals surface area contributed by atoms with Crippen LogP contribution in [0.4, 0.5) is 4.39 Å². The topological polar surface area (TPSA) is 39.2 Å². The maximum Gasteiger partial charge on any atom is 0.178 e. The van der Waals surface area contributed by atoms with Crippen molar-refractivity contribution in [3.8, 4) is 5.75 Å². The van der Waals surface area contributed by atoms with Crippen LogP contribution in [-0.2, 0) is 4.74 Å². The van der Waals surface area contributed by atoms with Gasteiger partial charge in [-0.1, -0.05) is 13.8 Å². The van der Waals surface area contributed by atoms with Gasteiger partial charge in [-0.2, -0.15) is 0 Å². The first kappa shape index (κ1) is 16.0. The lowest BCUT2D eigenvalue weighted by molar-refractivity contribution is 0.0974. The maximum absolute atomic E-state index is 13.8. The average Bonchev–Trinajstić information content (AvgIpc) is 2.73. The summed E-state index contributed by atoms with van der Waals surface area (Å²) in [5.41, 5.74) is 1.50. The minimum absolute atomic E-state index is 0.0846. The van der Waals surface area contributed by atoms with Gasteiger partial charge in [0, 0.05) is 18.7 Å². The molecule has 0 bridgehead atoms. The number of aromatic amines is 1. The number of halogens is 1. The van der Waals surface area contributed by atoms with E-state index in [9.17, 15) is 4.39 Å². The molecule has 1 atom stereocenters. The number of imidazole rings is 1. The Kier molecular flexibility index (Phi) is 5.00. The predicted octanol–water partition coefficient (Wildman–Crippen LogP) is 4.08. The van der Waals surface area contributed by atoms with Crippen molar-refractivity contribution >= 4 is 23.3 Å². The molecule has 1 heterocycles. The Morgan fingerprint density at radius 3 is 2.67 bits per heavy atom. The van der Waals surface area contributed by atoms with Crippen LogP contribution in [0.5, 0.6) is 5.75 Å². The van der Waals surface area contributed by atoms with Crippen LogP contribution in [0.3, 0.4) is 0 Å². The van der Waals surface area contributed by atoms with Crippen LogP contribution in [-0.4, -0.2) is 29.9 Å². The van der Waals surface area contributed by atoms with Crippen molar-refractivity contribution in [3.05, 3.63) is 22.7 Å². The highest BCUT2D eigenvalue weighted by atomic mass is 32.1. The van der Waals surface area contributed by atoms with E-state index < -0.39 is 5.82 Å². The number of fused-ring (bicyclic) bond motifs is 1. The monoisotopic (exact) mass is 312 g/mol. The number of methoxy groups -OCH3 is 1. The molecule has 116 valence electrons. The van der Waals surface area contributed by atoms with Gasteiger partial charge in [0.15, 0.2) is 16.3 Å². The number of benzene rings is 1. The number of ether oxygens (including phenoxy) is 2. The first-order chi connectivity index (χ1) is 9.99. The van der Waals surface area contributed by atoms with Crippen LogP contribution in [0, 0.1) is 16.5 Å². The zero-order chi connectivity index (χ0) is 15.6. The van der Waals surface area contributed by atoms with Gasteiger partial charge in [-0.15, -0.1) is 0 Å². The third kappa shape index (κ3) is 3.11. The molecule has 1 aromatic heterocycles. The van der Waals surface area contributed by atoms with E-state index in [0.717, 1.165) is 5.52 Å². The van der Waals surface area contributed by atoms with Crippen LogP contribution in [0.15, 0.2) is 12.1 Å². The van der Waals surface area contributed by atoms with Gasteiger partial charge >= 0.3 is 0 Å². The second-order valence-corrected chi connectivity index (χ2v) is 5.66. The second kappa shape index (κ2) is 6.58. The normalized spacial score (nSPS) is 13.0. The molecular weight excluding hydrogens is 291 g/mol. The molecule has 0 aliphatic rings. The highest BCUT2D eigenvalue weighted by Crippen LogP contribution is 2.29. The second-order valence-electron chi connectivity index (χ2n) is 5.27. The molecule has 1 N–H and O–H groups in total. The van der Waals surface area contributed by atoms with E-state index in [1.165, 1.54) is 13.2 Å². The largest absolute Gasteiger partial charge is 0.494 e. The van der Waals surface area contributed by atoms with Crippen LogP contribution < -0.4 is 4.74 Å². The van der Waals surface area contributed by atoms with Crippen LogP contribution in [0.1, 0.15) is 26.8 Å². The van der Waals surface area contributed by atoms with Gasteiger partial charge in [0.25, 0.3) is 0 Å². The van der Waals surface area contributed by atoms with E-state index in [4.69, 9.17) is 21.7 Å². The fourth-order valence-electron chi connectivity index (χ4n) is 2.42. The van der Waals surface area contributed by atoms with Crippen molar-refractivity contribution in [3.63, 3.8) is 0 Å². The minimum atomic E-state index is -0.403. The third-order valence-corrected chi connectivity index (χ3v) is 3.88. The third-order valence-electron chi connectivity index (χ3n) is 3.58. The molecule has 21 heavy (non-hydrogen) atoms. The Morgan fingerprint density at radius 2 is 2.10 bits per heavy atom. The molecule has 0 fully saturated rings. The Bertz CT molecular complexity index is 678. The van der Waals surface area contributed by atoms with Gasteiger partial charge in [0.2, 0.25) is 0 Å². The Labute approximate surface area is 128 Å². The summed E-state index contributed by atoms with van der Waals surface area (Å²) < 4.78 is 27.0. The summed E-state index contributed by atoms with van der Waals surface area (Å²) in [6, 6.07) is 3.18. The van der Waals surface area contributed by atoms with E-state index in [2.05, 4.69) is 18.8 Å². The molecule has 0 radical (unpaired) electrons. The summed E-state index contributed by atoms with van der Waals surface area (Å²) in [5, 5.41) is 0. The summed E-state index contributed by atoms with van der Waals surface area (Å²) in [6.45, 7) is 7.41.